The maximum absolute atomic E-state index is 10.7. The smallest absolute Gasteiger partial charge is 0.211 e. The second kappa shape index (κ2) is 5.91. The molecule has 19 heavy (non-hydrogen) atoms. The van der Waals surface area contributed by atoms with Crippen LogP contribution in [0.2, 0.25) is 0 Å². The second-order valence-corrected chi connectivity index (χ2v) is 5.07. The molecule has 0 aliphatic heterocycles. The summed E-state index contributed by atoms with van der Waals surface area (Å²) in [6.07, 6.45) is 6.47. The van der Waals surface area contributed by atoms with Crippen molar-refractivity contribution in [3.05, 3.63) is 29.3 Å². The van der Waals surface area contributed by atoms with Crippen LogP contribution in [0.5, 0.6) is 0 Å². The summed E-state index contributed by atoms with van der Waals surface area (Å²) in [5.74, 6) is 0.643. The first-order valence-corrected chi connectivity index (χ1v) is 6.94. The average molecular weight is 258 g/mol. The van der Waals surface area contributed by atoms with Gasteiger partial charge in [-0.3, -0.25) is 4.79 Å². The number of hydrogen-bond acceptors (Lipinski definition) is 2. The number of hydrogen-bond donors (Lipinski definition) is 2. The number of amides is 1. The van der Waals surface area contributed by atoms with Crippen LogP contribution in [0.25, 0.3) is 5.57 Å². The molecule has 0 heterocycles. The Kier molecular flexibility index (Phi) is 4.25. The highest BCUT2D eigenvalue weighted by Crippen LogP contribution is 2.46. The molecule has 3 heteroatoms. The summed E-state index contributed by atoms with van der Waals surface area (Å²) >= 11 is 0. The molecule has 102 valence electrons. The number of carbonyl (C=O) groups is 1. The number of carbonyl (C=O) groups excluding carboxylic acids is 1. The van der Waals surface area contributed by atoms with E-state index < -0.39 is 0 Å². The first kappa shape index (κ1) is 13.7. The molecule has 0 radical (unpaired) electrons. The van der Waals surface area contributed by atoms with E-state index in [0.29, 0.717) is 5.92 Å². The normalized spacial score (nSPS) is 15.2. The van der Waals surface area contributed by atoms with Crippen molar-refractivity contribution in [2.45, 2.75) is 39.0 Å². The van der Waals surface area contributed by atoms with Crippen molar-refractivity contribution in [3.63, 3.8) is 0 Å². The van der Waals surface area contributed by atoms with Crippen molar-refractivity contribution in [1.29, 1.82) is 0 Å². The van der Waals surface area contributed by atoms with E-state index in [0.717, 1.165) is 18.5 Å². The maximum atomic E-state index is 10.7. The van der Waals surface area contributed by atoms with Gasteiger partial charge in [0.05, 0.1) is 0 Å². The number of benzene rings is 1. The molecule has 3 nitrogen and oxygen atoms in total. The minimum atomic E-state index is 0.643. The third-order valence-electron chi connectivity index (χ3n) is 3.60. The van der Waals surface area contributed by atoms with Gasteiger partial charge in [-0.2, -0.15) is 0 Å². The van der Waals surface area contributed by atoms with E-state index in [1.165, 1.54) is 35.2 Å². The monoisotopic (exact) mass is 258 g/mol. The van der Waals surface area contributed by atoms with Gasteiger partial charge in [-0.25, -0.2) is 0 Å². The molecule has 1 aromatic rings. The van der Waals surface area contributed by atoms with Crippen LogP contribution in [0.15, 0.2) is 18.2 Å². The summed E-state index contributed by atoms with van der Waals surface area (Å²) < 4.78 is 0. The van der Waals surface area contributed by atoms with Gasteiger partial charge in [-0.15, -0.1) is 0 Å². The molecule has 0 aromatic heterocycles. The quantitative estimate of drug-likeness (QED) is 0.758. The molecule has 1 amide bonds. The molecule has 0 atom stereocenters. The lowest BCUT2D eigenvalue weighted by Gasteiger charge is -2.17. The minimum Gasteiger partial charge on any atom is -0.387 e. The maximum Gasteiger partial charge on any atom is 0.211 e. The zero-order valence-corrected chi connectivity index (χ0v) is 11.9. The van der Waals surface area contributed by atoms with Gasteiger partial charge in [0.25, 0.3) is 0 Å². The summed E-state index contributed by atoms with van der Waals surface area (Å²) in [4.78, 5) is 10.7. The van der Waals surface area contributed by atoms with Crippen LogP contribution in [0, 0.1) is 0 Å². The number of allylic oxidation sites excluding steroid dienone is 2. The summed E-state index contributed by atoms with van der Waals surface area (Å²) in [6, 6.07) is 4.15. The van der Waals surface area contributed by atoms with E-state index in [-0.39, 0.29) is 0 Å². The Morgan fingerprint density at radius 1 is 1.42 bits per heavy atom. The van der Waals surface area contributed by atoms with Crippen LogP contribution in [0.4, 0.5) is 11.4 Å². The molecular weight excluding hydrogens is 236 g/mol. The summed E-state index contributed by atoms with van der Waals surface area (Å²) in [6.45, 7) is 4.26. The molecule has 0 spiro atoms. The van der Waals surface area contributed by atoms with Crippen molar-refractivity contribution in [3.8, 4) is 0 Å². The summed E-state index contributed by atoms with van der Waals surface area (Å²) in [7, 11) is 1.97. The fourth-order valence-corrected chi connectivity index (χ4v) is 2.54. The highest BCUT2D eigenvalue weighted by molar-refractivity contribution is 5.84. The van der Waals surface area contributed by atoms with Gasteiger partial charge in [0.2, 0.25) is 6.41 Å². The lowest BCUT2D eigenvalue weighted by molar-refractivity contribution is -0.105. The fraction of sp³-hybridized carbons (Fsp3) is 0.438. The highest BCUT2D eigenvalue weighted by Gasteiger charge is 2.27. The molecule has 1 aromatic carbocycles. The van der Waals surface area contributed by atoms with Crippen LogP contribution < -0.4 is 10.6 Å². The van der Waals surface area contributed by atoms with Gasteiger partial charge in [0, 0.05) is 24.0 Å². The van der Waals surface area contributed by atoms with Crippen LogP contribution in [0.3, 0.4) is 0 Å². The molecule has 2 rings (SSSR count). The Balaban J connectivity index is 2.54. The predicted octanol–water partition coefficient (Wildman–Crippen LogP) is 3.99. The van der Waals surface area contributed by atoms with Crippen LogP contribution in [0.1, 0.15) is 50.2 Å². The van der Waals surface area contributed by atoms with Crippen molar-refractivity contribution in [2.75, 3.05) is 17.7 Å². The van der Waals surface area contributed by atoms with Crippen LogP contribution in [-0.4, -0.2) is 13.5 Å². The Labute approximate surface area is 115 Å². The lowest BCUT2D eigenvalue weighted by atomic mass is 9.96. The lowest BCUT2D eigenvalue weighted by Crippen LogP contribution is -2.03. The molecule has 2 N–H and O–H groups in total. The minimum absolute atomic E-state index is 0.643. The molecule has 1 fully saturated rings. The van der Waals surface area contributed by atoms with Gasteiger partial charge >= 0.3 is 0 Å². The Bertz CT molecular complexity index is 502. The largest absolute Gasteiger partial charge is 0.387 e. The van der Waals surface area contributed by atoms with E-state index in [1.807, 2.05) is 13.1 Å². The Morgan fingerprint density at radius 3 is 2.68 bits per heavy atom. The molecule has 1 aliphatic carbocycles. The van der Waals surface area contributed by atoms with Gasteiger partial charge in [-0.1, -0.05) is 13.0 Å². The standard InChI is InChI=1S/C16H22N2O/c1-4-5-11(2)14-8-13(18-10-19)9-15(12-6-7-12)16(14)17-3/h5,8-10,12,17H,4,6-7H2,1-3H3,(H,18,19)/b11-5+. The average Bonchev–Trinajstić information content (AvgIpc) is 3.22. The third-order valence-corrected chi connectivity index (χ3v) is 3.60. The van der Waals surface area contributed by atoms with E-state index in [9.17, 15) is 4.79 Å². The zero-order chi connectivity index (χ0) is 13.8. The van der Waals surface area contributed by atoms with Crippen molar-refractivity contribution in [1.82, 2.24) is 0 Å². The molecule has 0 bridgehead atoms. The van der Waals surface area contributed by atoms with Crippen LogP contribution >= 0.6 is 0 Å². The number of rotatable bonds is 6. The second-order valence-electron chi connectivity index (χ2n) is 5.07. The third kappa shape index (κ3) is 2.98. The Hall–Kier alpha value is -1.77. The first-order valence-electron chi connectivity index (χ1n) is 6.94. The number of anilines is 2. The van der Waals surface area contributed by atoms with Gasteiger partial charge in [0.1, 0.15) is 0 Å². The van der Waals surface area contributed by atoms with E-state index >= 15 is 0 Å². The first-order chi connectivity index (χ1) is 9.21. The molecule has 1 aliphatic rings. The van der Waals surface area contributed by atoms with Gasteiger partial charge in [-0.05, 0) is 55.4 Å². The topological polar surface area (TPSA) is 41.1 Å². The molecule has 0 unspecified atom stereocenters. The highest BCUT2D eigenvalue weighted by atomic mass is 16.1. The van der Waals surface area contributed by atoms with E-state index in [1.54, 1.807) is 0 Å². The zero-order valence-electron chi connectivity index (χ0n) is 11.9. The molecular formula is C16H22N2O. The van der Waals surface area contributed by atoms with Crippen molar-refractivity contribution in [2.24, 2.45) is 0 Å². The Morgan fingerprint density at radius 2 is 2.16 bits per heavy atom. The number of nitrogens with one attached hydrogen (secondary N) is 2. The molecule has 1 saturated carbocycles. The summed E-state index contributed by atoms with van der Waals surface area (Å²) in [5.41, 5.74) is 5.87. The van der Waals surface area contributed by atoms with Crippen molar-refractivity contribution >= 4 is 23.4 Å². The predicted molar refractivity (Wildman–Crippen MR) is 81.6 cm³/mol. The fourth-order valence-electron chi connectivity index (χ4n) is 2.54. The van der Waals surface area contributed by atoms with E-state index in [4.69, 9.17) is 0 Å². The van der Waals surface area contributed by atoms with Crippen molar-refractivity contribution < 1.29 is 4.79 Å². The van der Waals surface area contributed by atoms with Gasteiger partial charge in [0.15, 0.2) is 0 Å². The van der Waals surface area contributed by atoms with Gasteiger partial charge < -0.3 is 10.6 Å². The molecule has 0 saturated heterocycles. The van der Waals surface area contributed by atoms with E-state index in [2.05, 4.69) is 36.6 Å². The van der Waals surface area contributed by atoms with Crippen LogP contribution in [-0.2, 0) is 4.79 Å². The SMILES string of the molecule is CC/C=C(\C)c1cc(NC=O)cc(C2CC2)c1NC. The summed E-state index contributed by atoms with van der Waals surface area (Å²) in [5, 5.41) is 6.12.